The predicted octanol–water partition coefficient (Wildman–Crippen LogP) is 4.17. The van der Waals surface area contributed by atoms with E-state index in [4.69, 9.17) is 4.74 Å². The third kappa shape index (κ3) is 5.48. The van der Waals surface area contributed by atoms with E-state index in [9.17, 15) is 9.59 Å². The summed E-state index contributed by atoms with van der Waals surface area (Å²) in [5.74, 6) is 0.554. The van der Waals surface area contributed by atoms with E-state index in [2.05, 4.69) is 27.6 Å². The van der Waals surface area contributed by atoms with Crippen LogP contribution in [0.1, 0.15) is 40.5 Å². The lowest BCUT2D eigenvalue weighted by Crippen LogP contribution is -2.14. The molecule has 0 unspecified atom stereocenters. The van der Waals surface area contributed by atoms with Crippen LogP contribution in [0.3, 0.4) is 0 Å². The number of hydrogen-bond donors (Lipinski definition) is 1. The van der Waals surface area contributed by atoms with Gasteiger partial charge in [0.1, 0.15) is 10.7 Å². The van der Waals surface area contributed by atoms with E-state index in [1.165, 1.54) is 28.7 Å². The van der Waals surface area contributed by atoms with Gasteiger partial charge in [0, 0.05) is 13.0 Å². The van der Waals surface area contributed by atoms with Crippen molar-refractivity contribution in [3.05, 3.63) is 58.2 Å². The van der Waals surface area contributed by atoms with Gasteiger partial charge in [0.25, 0.3) is 0 Å². The van der Waals surface area contributed by atoms with Crippen LogP contribution in [-0.4, -0.2) is 39.0 Å². The second-order valence-corrected chi connectivity index (χ2v) is 8.48. The number of nitrogens with zero attached hydrogens (tertiary/aromatic N) is 3. The number of benzene rings is 1. The first-order valence-electron chi connectivity index (χ1n) is 9.68. The van der Waals surface area contributed by atoms with E-state index in [0.29, 0.717) is 28.1 Å². The number of nitrogens with one attached hydrogen (secondary N) is 1. The fourth-order valence-electron chi connectivity index (χ4n) is 2.90. The lowest BCUT2D eigenvalue weighted by Gasteiger charge is -2.07. The highest BCUT2D eigenvalue weighted by atomic mass is 32.2. The molecule has 1 amide bonds. The summed E-state index contributed by atoms with van der Waals surface area (Å²) in [6, 6.07) is 11.9. The Balaban J connectivity index is 1.60. The van der Waals surface area contributed by atoms with Crippen LogP contribution in [0.2, 0.25) is 0 Å². The fraction of sp³-hybridized carbons (Fsp3) is 0.333. The van der Waals surface area contributed by atoms with E-state index in [0.717, 1.165) is 17.9 Å². The van der Waals surface area contributed by atoms with Crippen molar-refractivity contribution in [3.8, 4) is 0 Å². The highest BCUT2D eigenvalue weighted by molar-refractivity contribution is 7.99. The van der Waals surface area contributed by atoms with Crippen molar-refractivity contribution in [2.75, 3.05) is 17.7 Å². The zero-order valence-corrected chi connectivity index (χ0v) is 18.8. The van der Waals surface area contributed by atoms with Crippen LogP contribution in [0.15, 0.2) is 41.6 Å². The maximum Gasteiger partial charge on any atom is 0.348 e. The van der Waals surface area contributed by atoms with Crippen molar-refractivity contribution >= 4 is 40.0 Å². The van der Waals surface area contributed by atoms with E-state index in [1.54, 1.807) is 13.0 Å². The molecular weight excluding hydrogens is 420 g/mol. The lowest BCUT2D eigenvalue weighted by atomic mass is 10.1. The third-order valence-corrected chi connectivity index (χ3v) is 6.39. The summed E-state index contributed by atoms with van der Waals surface area (Å²) in [7, 11) is 0. The Labute approximate surface area is 183 Å². The van der Waals surface area contributed by atoms with E-state index in [-0.39, 0.29) is 17.6 Å². The minimum Gasteiger partial charge on any atom is -0.462 e. The van der Waals surface area contributed by atoms with Crippen LogP contribution in [0, 0.1) is 6.92 Å². The number of thioether (sulfide) groups is 1. The van der Waals surface area contributed by atoms with Crippen molar-refractivity contribution in [1.29, 1.82) is 0 Å². The first-order chi connectivity index (χ1) is 14.5. The number of aryl methyl sites for hydroxylation is 1. The number of carbonyl (C=O) groups is 2. The minimum atomic E-state index is -0.364. The molecule has 0 radical (unpaired) electrons. The molecule has 0 atom stereocenters. The summed E-state index contributed by atoms with van der Waals surface area (Å²) >= 11 is 2.57. The number of rotatable bonds is 9. The predicted molar refractivity (Wildman–Crippen MR) is 119 cm³/mol. The Kier molecular flexibility index (Phi) is 7.64. The molecule has 0 aliphatic carbocycles. The Bertz CT molecular complexity index is 1010. The number of esters is 1. The molecular formula is C21H24N4O3S2. The molecule has 1 N–H and O–H groups in total. The van der Waals surface area contributed by atoms with Gasteiger partial charge in [0.05, 0.1) is 17.4 Å². The first-order valence-corrected chi connectivity index (χ1v) is 11.5. The van der Waals surface area contributed by atoms with Gasteiger partial charge >= 0.3 is 5.97 Å². The van der Waals surface area contributed by atoms with Crippen LogP contribution in [0.4, 0.5) is 5.00 Å². The average Bonchev–Trinajstić information content (AvgIpc) is 3.29. The van der Waals surface area contributed by atoms with Crippen LogP contribution < -0.4 is 5.32 Å². The Morgan fingerprint density at radius 1 is 1.20 bits per heavy atom. The largest absolute Gasteiger partial charge is 0.462 e. The minimum absolute atomic E-state index is 0.160. The van der Waals surface area contributed by atoms with Crippen LogP contribution >= 0.6 is 23.1 Å². The van der Waals surface area contributed by atoms with Crippen molar-refractivity contribution in [3.63, 3.8) is 0 Å². The topological polar surface area (TPSA) is 86.1 Å². The molecule has 0 bridgehead atoms. The van der Waals surface area contributed by atoms with Crippen molar-refractivity contribution in [2.24, 2.45) is 0 Å². The van der Waals surface area contributed by atoms with Gasteiger partial charge in [-0.05, 0) is 38.0 Å². The highest BCUT2D eigenvalue weighted by Crippen LogP contribution is 2.28. The quantitative estimate of drug-likeness (QED) is 0.394. The highest BCUT2D eigenvalue weighted by Gasteiger charge is 2.17. The van der Waals surface area contributed by atoms with Gasteiger partial charge in [-0.1, -0.05) is 42.1 Å². The molecule has 7 nitrogen and oxygen atoms in total. The molecule has 3 aromatic rings. The fourth-order valence-corrected chi connectivity index (χ4v) is 4.70. The summed E-state index contributed by atoms with van der Waals surface area (Å²) < 4.78 is 7.07. The molecule has 1 aromatic carbocycles. The normalized spacial score (nSPS) is 10.8. The van der Waals surface area contributed by atoms with Gasteiger partial charge in [-0.3, -0.25) is 4.79 Å². The zero-order chi connectivity index (χ0) is 21.5. The SMILES string of the molecule is CCOC(=O)c1sc(NC(=O)CSc2nnc(Cc3ccccc3)n2CC)cc1C. The Morgan fingerprint density at radius 2 is 1.97 bits per heavy atom. The van der Waals surface area contributed by atoms with Crippen LogP contribution in [0.5, 0.6) is 0 Å². The van der Waals surface area contributed by atoms with Gasteiger partial charge in [0.15, 0.2) is 5.16 Å². The van der Waals surface area contributed by atoms with Gasteiger partial charge in [-0.25, -0.2) is 4.79 Å². The number of ether oxygens (including phenoxy) is 1. The number of hydrogen-bond acceptors (Lipinski definition) is 7. The summed E-state index contributed by atoms with van der Waals surface area (Å²) in [6.45, 7) is 6.67. The Hall–Kier alpha value is -2.65. The van der Waals surface area contributed by atoms with E-state index >= 15 is 0 Å². The van der Waals surface area contributed by atoms with Crippen LogP contribution in [0.25, 0.3) is 0 Å². The smallest absolute Gasteiger partial charge is 0.348 e. The van der Waals surface area contributed by atoms with Crippen molar-refractivity contribution in [1.82, 2.24) is 14.8 Å². The molecule has 2 aromatic heterocycles. The lowest BCUT2D eigenvalue weighted by molar-refractivity contribution is -0.113. The van der Waals surface area contributed by atoms with Gasteiger partial charge in [-0.2, -0.15) is 0 Å². The first kappa shape index (κ1) is 22.0. The summed E-state index contributed by atoms with van der Waals surface area (Å²) in [5.41, 5.74) is 1.96. The molecule has 0 aliphatic heterocycles. The number of amides is 1. The summed E-state index contributed by atoms with van der Waals surface area (Å²) in [6.07, 6.45) is 0.694. The molecule has 9 heteroatoms. The number of carbonyl (C=O) groups excluding carboxylic acids is 2. The zero-order valence-electron chi connectivity index (χ0n) is 17.2. The standard InChI is InChI=1S/C21H24N4O3S2/c1-4-25-16(12-15-9-7-6-8-10-15)23-24-21(25)29-13-17(26)22-18-11-14(3)19(30-18)20(27)28-5-2/h6-11H,4-5,12-13H2,1-3H3,(H,22,26). The second kappa shape index (κ2) is 10.4. The molecule has 0 fully saturated rings. The van der Waals surface area contributed by atoms with Gasteiger partial charge < -0.3 is 14.6 Å². The number of thiophene rings is 1. The van der Waals surface area contributed by atoms with Gasteiger partial charge in [-0.15, -0.1) is 21.5 Å². The monoisotopic (exact) mass is 444 g/mol. The number of aromatic nitrogens is 3. The molecule has 30 heavy (non-hydrogen) atoms. The van der Waals surface area contributed by atoms with Crippen molar-refractivity contribution in [2.45, 2.75) is 38.9 Å². The van der Waals surface area contributed by atoms with E-state index < -0.39 is 0 Å². The Morgan fingerprint density at radius 3 is 2.67 bits per heavy atom. The van der Waals surface area contributed by atoms with Crippen molar-refractivity contribution < 1.29 is 14.3 Å². The molecule has 3 rings (SSSR count). The average molecular weight is 445 g/mol. The molecule has 0 saturated heterocycles. The molecule has 0 aliphatic rings. The third-order valence-electron chi connectivity index (χ3n) is 4.29. The maximum absolute atomic E-state index is 12.4. The molecule has 0 saturated carbocycles. The van der Waals surface area contributed by atoms with Gasteiger partial charge in [0.2, 0.25) is 5.91 Å². The second-order valence-electron chi connectivity index (χ2n) is 6.49. The van der Waals surface area contributed by atoms with E-state index in [1.807, 2.05) is 36.6 Å². The maximum atomic E-state index is 12.4. The summed E-state index contributed by atoms with van der Waals surface area (Å²) in [4.78, 5) is 24.8. The molecule has 2 heterocycles. The molecule has 0 spiro atoms. The van der Waals surface area contributed by atoms with Crippen LogP contribution in [-0.2, 0) is 22.5 Å². The summed E-state index contributed by atoms with van der Waals surface area (Å²) in [5, 5.41) is 12.8. The molecule has 158 valence electrons. The number of anilines is 1.